The van der Waals surface area contributed by atoms with Gasteiger partial charge in [-0.15, -0.1) is 10.2 Å². The van der Waals surface area contributed by atoms with Crippen molar-refractivity contribution in [1.82, 2.24) is 25.7 Å². The van der Waals surface area contributed by atoms with E-state index in [0.717, 1.165) is 41.1 Å². The first kappa shape index (κ1) is 19.6. The smallest absolute Gasteiger partial charge is 0.272 e. The van der Waals surface area contributed by atoms with Crippen LogP contribution in [0.15, 0.2) is 35.0 Å². The van der Waals surface area contributed by atoms with E-state index in [4.69, 9.17) is 14.0 Å². The van der Waals surface area contributed by atoms with Gasteiger partial charge in [0.25, 0.3) is 5.91 Å². The molecule has 9 nitrogen and oxygen atoms in total. The lowest BCUT2D eigenvalue weighted by molar-refractivity contribution is -0.0594. The first-order valence-corrected chi connectivity index (χ1v) is 10.3. The Morgan fingerprint density at radius 2 is 2.06 bits per heavy atom. The third kappa shape index (κ3) is 4.13. The summed E-state index contributed by atoms with van der Waals surface area (Å²) >= 11 is 0. The number of rotatable bonds is 7. The fraction of sp³-hybridized carbons (Fsp3) is 0.409. The van der Waals surface area contributed by atoms with Crippen molar-refractivity contribution >= 4 is 5.91 Å². The summed E-state index contributed by atoms with van der Waals surface area (Å²) in [7, 11) is 0. The van der Waals surface area contributed by atoms with Crippen molar-refractivity contribution in [3.05, 3.63) is 53.2 Å². The van der Waals surface area contributed by atoms with Gasteiger partial charge in [-0.1, -0.05) is 5.16 Å². The number of nitrogens with zero attached hydrogens (tertiary/aromatic N) is 4. The van der Waals surface area contributed by atoms with Crippen LogP contribution in [0.4, 0.5) is 0 Å². The summed E-state index contributed by atoms with van der Waals surface area (Å²) in [6.45, 7) is 5.10. The lowest BCUT2D eigenvalue weighted by Crippen LogP contribution is -2.60. The molecule has 0 spiro atoms. The highest BCUT2D eigenvalue weighted by Crippen LogP contribution is 2.44. The van der Waals surface area contributed by atoms with E-state index in [2.05, 4.69) is 25.7 Å². The molecule has 160 valence electrons. The van der Waals surface area contributed by atoms with Crippen molar-refractivity contribution in [2.45, 2.75) is 44.8 Å². The molecule has 1 amide bonds. The molecular weight excluding hydrogens is 398 g/mol. The van der Waals surface area contributed by atoms with Gasteiger partial charge in [-0.2, -0.15) is 0 Å². The number of ether oxygens (including phenoxy) is 2. The molecule has 0 aromatic carbocycles. The molecule has 3 aromatic rings. The number of pyridine rings is 1. The Labute approximate surface area is 179 Å². The van der Waals surface area contributed by atoms with E-state index >= 15 is 0 Å². The number of aromatic nitrogens is 4. The monoisotopic (exact) mass is 421 g/mol. The summed E-state index contributed by atoms with van der Waals surface area (Å²) in [6.07, 6.45) is 3.96. The number of amides is 1. The Kier molecular flexibility index (Phi) is 4.90. The minimum absolute atomic E-state index is 0.232. The van der Waals surface area contributed by atoms with E-state index in [1.54, 1.807) is 18.3 Å². The van der Waals surface area contributed by atoms with Crippen LogP contribution in [-0.4, -0.2) is 45.0 Å². The van der Waals surface area contributed by atoms with Crippen LogP contribution >= 0.6 is 0 Å². The van der Waals surface area contributed by atoms with Gasteiger partial charge in [0.15, 0.2) is 5.69 Å². The lowest BCUT2D eigenvalue weighted by Gasteiger charge is -2.38. The standard InChI is InChI=1S/C22H23N5O4/c1-13-3-4-15(9-23-13)19-16(20(31-27-19)14-5-6-14)10-30-18-8-7-17(25-26-18)21(28)24-22(2)11-29-12-22/h3-4,7-9,14H,5-6,10-12H2,1-2H3,(H,24,28). The van der Waals surface area contributed by atoms with Crippen LogP contribution in [0, 0.1) is 6.92 Å². The first-order chi connectivity index (χ1) is 15.0. The fourth-order valence-corrected chi connectivity index (χ4v) is 3.45. The van der Waals surface area contributed by atoms with E-state index < -0.39 is 0 Å². The Morgan fingerprint density at radius 3 is 2.68 bits per heavy atom. The number of nitrogens with one attached hydrogen (secondary N) is 1. The zero-order valence-electron chi connectivity index (χ0n) is 17.4. The third-order valence-corrected chi connectivity index (χ3v) is 5.45. The zero-order valence-corrected chi connectivity index (χ0v) is 17.4. The summed E-state index contributed by atoms with van der Waals surface area (Å²) in [6, 6.07) is 7.15. The van der Waals surface area contributed by atoms with Gasteiger partial charge in [-0.3, -0.25) is 9.78 Å². The third-order valence-electron chi connectivity index (χ3n) is 5.45. The summed E-state index contributed by atoms with van der Waals surface area (Å²) in [5.74, 6) is 1.28. The van der Waals surface area contributed by atoms with Crippen LogP contribution in [0.25, 0.3) is 11.3 Å². The zero-order chi connectivity index (χ0) is 21.4. The van der Waals surface area contributed by atoms with Gasteiger partial charge in [0.2, 0.25) is 5.88 Å². The van der Waals surface area contributed by atoms with E-state index in [1.807, 2.05) is 26.0 Å². The number of aryl methyl sites for hydroxylation is 1. The number of hydrogen-bond acceptors (Lipinski definition) is 8. The van der Waals surface area contributed by atoms with E-state index in [-0.39, 0.29) is 23.7 Å². The highest BCUT2D eigenvalue weighted by molar-refractivity contribution is 5.92. The second-order valence-electron chi connectivity index (χ2n) is 8.39. The average Bonchev–Trinajstić information content (AvgIpc) is 3.51. The second kappa shape index (κ2) is 7.73. The summed E-state index contributed by atoms with van der Waals surface area (Å²) in [4.78, 5) is 16.7. The molecule has 9 heteroatoms. The Hall–Kier alpha value is -3.33. The van der Waals surface area contributed by atoms with Crippen LogP contribution in [0.2, 0.25) is 0 Å². The Morgan fingerprint density at radius 1 is 1.23 bits per heavy atom. The van der Waals surface area contributed by atoms with Gasteiger partial charge < -0.3 is 19.3 Å². The molecular formula is C22H23N5O4. The Balaban J connectivity index is 1.30. The van der Waals surface area contributed by atoms with Gasteiger partial charge in [0.05, 0.1) is 24.3 Å². The van der Waals surface area contributed by atoms with Crippen molar-refractivity contribution in [1.29, 1.82) is 0 Å². The summed E-state index contributed by atoms with van der Waals surface area (Å²) in [5.41, 5.74) is 3.33. The van der Waals surface area contributed by atoms with Gasteiger partial charge in [0.1, 0.15) is 18.1 Å². The molecule has 1 aliphatic carbocycles. The van der Waals surface area contributed by atoms with Crippen LogP contribution < -0.4 is 10.1 Å². The van der Waals surface area contributed by atoms with Crippen molar-refractivity contribution in [2.75, 3.05) is 13.2 Å². The maximum atomic E-state index is 12.3. The molecule has 0 bridgehead atoms. The van der Waals surface area contributed by atoms with Crippen LogP contribution in [-0.2, 0) is 11.3 Å². The topological polar surface area (TPSA) is 112 Å². The maximum Gasteiger partial charge on any atom is 0.272 e. The predicted molar refractivity (Wildman–Crippen MR) is 110 cm³/mol. The molecule has 2 aliphatic rings. The minimum Gasteiger partial charge on any atom is -0.472 e. The molecule has 1 aliphatic heterocycles. The van der Waals surface area contributed by atoms with Crippen molar-refractivity contribution in [2.24, 2.45) is 0 Å². The SMILES string of the molecule is Cc1ccc(-c2noc(C3CC3)c2COc2ccc(C(=O)NC3(C)COC3)nn2)cn1. The minimum atomic E-state index is -0.345. The van der Waals surface area contributed by atoms with E-state index in [9.17, 15) is 4.79 Å². The molecule has 5 rings (SSSR count). The second-order valence-corrected chi connectivity index (χ2v) is 8.39. The van der Waals surface area contributed by atoms with Crippen LogP contribution in [0.5, 0.6) is 5.88 Å². The summed E-state index contributed by atoms with van der Waals surface area (Å²) < 4.78 is 16.7. The highest BCUT2D eigenvalue weighted by Gasteiger charge is 2.35. The predicted octanol–water partition coefficient (Wildman–Crippen LogP) is 2.81. The van der Waals surface area contributed by atoms with Crippen LogP contribution in [0.1, 0.15) is 53.2 Å². The largest absolute Gasteiger partial charge is 0.472 e. The van der Waals surface area contributed by atoms with E-state index in [0.29, 0.717) is 25.0 Å². The molecule has 1 saturated carbocycles. The molecule has 4 heterocycles. The first-order valence-electron chi connectivity index (χ1n) is 10.3. The van der Waals surface area contributed by atoms with Gasteiger partial charge in [-0.05, 0) is 44.9 Å². The van der Waals surface area contributed by atoms with E-state index in [1.165, 1.54) is 0 Å². The summed E-state index contributed by atoms with van der Waals surface area (Å²) in [5, 5.41) is 15.2. The number of hydrogen-bond donors (Lipinski definition) is 1. The quantitative estimate of drug-likeness (QED) is 0.620. The van der Waals surface area contributed by atoms with Crippen molar-refractivity contribution in [3.8, 4) is 17.1 Å². The molecule has 1 saturated heterocycles. The molecule has 0 atom stereocenters. The average molecular weight is 421 g/mol. The number of carbonyl (C=O) groups excluding carboxylic acids is 1. The fourth-order valence-electron chi connectivity index (χ4n) is 3.45. The van der Waals surface area contributed by atoms with Crippen molar-refractivity contribution in [3.63, 3.8) is 0 Å². The highest BCUT2D eigenvalue weighted by atomic mass is 16.5. The van der Waals surface area contributed by atoms with Crippen LogP contribution in [0.3, 0.4) is 0 Å². The molecule has 3 aromatic heterocycles. The van der Waals surface area contributed by atoms with Gasteiger partial charge in [0, 0.05) is 29.4 Å². The molecule has 31 heavy (non-hydrogen) atoms. The lowest BCUT2D eigenvalue weighted by atomic mass is 10.0. The molecule has 0 radical (unpaired) electrons. The van der Waals surface area contributed by atoms with Crippen molar-refractivity contribution < 1.29 is 18.8 Å². The molecule has 0 unspecified atom stereocenters. The van der Waals surface area contributed by atoms with Gasteiger partial charge >= 0.3 is 0 Å². The maximum absolute atomic E-state index is 12.3. The van der Waals surface area contributed by atoms with Gasteiger partial charge in [-0.25, -0.2) is 0 Å². The Bertz CT molecular complexity index is 1090. The number of carbonyl (C=O) groups is 1. The normalized spacial score (nSPS) is 17.1. The molecule has 2 fully saturated rings. The molecule has 1 N–H and O–H groups in total.